The molecule has 0 radical (unpaired) electrons. The first-order chi connectivity index (χ1) is 10.5. The van der Waals surface area contributed by atoms with E-state index in [0.717, 1.165) is 0 Å². The summed E-state index contributed by atoms with van der Waals surface area (Å²) < 4.78 is 5.73. The van der Waals surface area contributed by atoms with Crippen molar-refractivity contribution in [3.63, 3.8) is 0 Å². The molecule has 114 valence electrons. The first kappa shape index (κ1) is 16.3. The third-order valence-corrected chi connectivity index (χ3v) is 3.68. The zero-order valence-electron chi connectivity index (χ0n) is 11.5. The van der Waals surface area contributed by atoms with E-state index >= 15 is 0 Å². The highest BCUT2D eigenvalue weighted by molar-refractivity contribution is 9.10. The highest BCUT2D eigenvalue weighted by Gasteiger charge is 2.11. The molecule has 0 aliphatic rings. The molecule has 0 spiro atoms. The topological polar surface area (TPSA) is 67.4 Å². The van der Waals surface area contributed by atoms with Gasteiger partial charge in [-0.3, -0.25) is 20.4 Å². The summed E-state index contributed by atoms with van der Waals surface area (Å²) in [6, 6.07) is 11.2. The number of rotatable bonds is 3. The van der Waals surface area contributed by atoms with Gasteiger partial charge in [0.25, 0.3) is 11.8 Å². The van der Waals surface area contributed by atoms with Gasteiger partial charge in [-0.25, -0.2) is 0 Å². The Kier molecular flexibility index (Phi) is 5.41. The first-order valence-electron chi connectivity index (χ1n) is 6.21. The fraction of sp³-hybridized carbons (Fsp3) is 0.0667. The van der Waals surface area contributed by atoms with Crippen LogP contribution in [0.4, 0.5) is 0 Å². The van der Waals surface area contributed by atoms with Gasteiger partial charge in [0.2, 0.25) is 0 Å². The summed E-state index contributed by atoms with van der Waals surface area (Å²) in [7, 11) is 1.53. The van der Waals surface area contributed by atoms with Crippen molar-refractivity contribution in [2.75, 3.05) is 7.11 Å². The Bertz CT molecular complexity index is 704. The summed E-state index contributed by atoms with van der Waals surface area (Å²) >= 11 is 9.04. The Morgan fingerprint density at radius 1 is 1.00 bits per heavy atom. The maximum Gasteiger partial charge on any atom is 0.269 e. The number of carbonyl (C=O) groups is 2. The van der Waals surface area contributed by atoms with Crippen molar-refractivity contribution < 1.29 is 14.3 Å². The summed E-state index contributed by atoms with van der Waals surface area (Å²) in [5.41, 5.74) is 5.45. The number of ether oxygens (including phenoxy) is 1. The number of hydrazine groups is 1. The van der Waals surface area contributed by atoms with E-state index in [2.05, 4.69) is 26.8 Å². The van der Waals surface area contributed by atoms with Crippen molar-refractivity contribution in [1.82, 2.24) is 10.9 Å². The lowest BCUT2D eigenvalue weighted by molar-refractivity contribution is 0.0846. The first-order valence-corrected chi connectivity index (χ1v) is 7.38. The second kappa shape index (κ2) is 7.29. The van der Waals surface area contributed by atoms with E-state index in [4.69, 9.17) is 16.3 Å². The van der Waals surface area contributed by atoms with Crippen LogP contribution in [0.5, 0.6) is 5.75 Å². The number of amides is 2. The van der Waals surface area contributed by atoms with E-state index < -0.39 is 11.8 Å². The standard InChI is InChI=1S/C15H12BrClN2O3/c1-22-13-7-4-10(8-12(13)16)15(21)19-18-14(20)9-2-5-11(17)6-3-9/h2-8H,1H3,(H,18,20)(H,19,21). The second-order valence-electron chi connectivity index (χ2n) is 4.26. The molecule has 0 aliphatic carbocycles. The van der Waals surface area contributed by atoms with E-state index in [1.807, 2.05) is 0 Å². The molecular formula is C15H12BrClN2O3. The number of hydrogen-bond acceptors (Lipinski definition) is 3. The monoisotopic (exact) mass is 382 g/mol. The van der Waals surface area contributed by atoms with Crippen LogP contribution in [0.3, 0.4) is 0 Å². The van der Waals surface area contributed by atoms with Crippen LogP contribution in [-0.2, 0) is 0 Å². The van der Waals surface area contributed by atoms with Crippen LogP contribution in [0.1, 0.15) is 20.7 Å². The quantitative estimate of drug-likeness (QED) is 0.800. The van der Waals surface area contributed by atoms with Crippen molar-refractivity contribution in [2.24, 2.45) is 0 Å². The minimum absolute atomic E-state index is 0.379. The molecular weight excluding hydrogens is 372 g/mol. The number of carbonyl (C=O) groups excluding carboxylic acids is 2. The van der Waals surface area contributed by atoms with Crippen LogP contribution in [0.15, 0.2) is 46.9 Å². The number of nitrogens with one attached hydrogen (secondary N) is 2. The third kappa shape index (κ3) is 3.99. The zero-order valence-corrected chi connectivity index (χ0v) is 13.9. The predicted octanol–water partition coefficient (Wildman–Crippen LogP) is 3.19. The van der Waals surface area contributed by atoms with Crippen LogP contribution >= 0.6 is 27.5 Å². The molecule has 7 heteroatoms. The summed E-state index contributed by atoms with van der Waals surface area (Å²) in [6.45, 7) is 0. The zero-order chi connectivity index (χ0) is 16.1. The van der Waals surface area contributed by atoms with Gasteiger partial charge in [-0.05, 0) is 58.4 Å². The number of halogens is 2. The highest BCUT2D eigenvalue weighted by Crippen LogP contribution is 2.25. The number of hydrogen-bond donors (Lipinski definition) is 2. The lowest BCUT2D eigenvalue weighted by Crippen LogP contribution is -2.41. The Morgan fingerprint density at radius 2 is 1.55 bits per heavy atom. The van der Waals surface area contributed by atoms with Gasteiger partial charge in [0.15, 0.2) is 0 Å². The fourth-order valence-corrected chi connectivity index (χ4v) is 2.33. The van der Waals surface area contributed by atoms with E-state index in [1.54, 1.807) is 42.5 Å². The second-order valence-corrected chi connectivity index (χ2v) is 5.56. The van der Waals surface area contributed by atoms with Crippen LogP contribution < -0.4 is 15.6 Å². The molecule has 5 nitrogen and oxygen atoms in total. The van der Waals surface area contributed by atoms with Gasteiger partial charge >= 0.3 is 0 Å². The Labute approximate surface area is 140 Å². The van der Waals surface area contributed by atoms with Gasteiger partial charge in [0, 0.05) is 16.1 Å². The van der Waals surface area contributed by atoms with E-state index in [1.165, 1.54) is 7.11 Å². The SMILES string of the molecule is COc1ccc(C(=O)NNC(=O)c2ccc(Cl)cc2)cc1Br. The molecule has 0 saturated heterocycles. The maximum atomic E-state index is 12.0. The van der Waals surface area contributed by atoms with Gasteiger partial charge < -0.3 is 4.74 Å². The van der Waals surface area contributed by atoms with Crippen LogP contribution in [0, 0.1) is 0 Å². The largest absolute Gasteiger partial charge is 0.496 e. The molecule has 2 rings (SSSR count). The summed E-state index contributed by atoms with van der Waals surface area (Å²) in [4.78, 5) is 23.8. The molecule has 0 atom stereocenters. The summed E-state index contributed by atoms with van der Waals surface area (Å²) in [5.74, 6) is -0.259. The molecule has 2 aromatic carbocycles. The smallest absolute Gasteiger partial charge is 0.269 e. The van der Waals surface area contributed by atoms with Gasteiger partial charge in [0.1, 0.15) is 5.75 Å². The normalized spacial score (nSPS) is 9.95. The molecule has 0 saturated carbocycles. The molecule has 2 N–H and O–H groups in total. The molecule has 0 aliphatic heterocycles. The Morgan fingerprint density at radius 3 is 2.09 bits per heavy atom. The summed E-state index contributed by atoms with van der Waals surface area (Å²) in [5, 5.41) is 0.531. The molecule has 0 aromatic heterocycles. The highest BCUT2D eigenvalue weighted by atomic mass is 79.9. The van der Waals surface area contributed by atoms with Gasteiger partial charge in [-0.1, -0.05) is 11.6 Å². The van der Waals surface area contributed by atoms with E-state index in [-0.39, 0.29) is 0 Å². The number of benzene rings is 2. The summed E-state index contributed by atoms with van der Waals surface area (Å²) in [6.07, 6.45) is 0. The maximum absolute atomic E-state index is 12.0. The molecule has 22 heavy (non-hydrogen) atoms. The average molecular weight is 384 g/mol. The fourth-order valence-electron chi connectivity index (χ4n) is 1.67. The lowest BCUT2D eigenvalue weighted by Gasteiger charge is -2.09. The average Bonchev–Trinajstić information content (AvgIpc) is 2.52. The Balaban J connectivity index is 1.99. The predicted molar refractivity (Wildman–Crippen MR) is 87.1 cm³/mol. The molecule has 2 aromatic rings. The van der Waals surface area contributed by atoms with Crippen LogP contribution in [-0.4, -0.2) is 18.9 Å². The van der Waals surface area contributed by atoms with E-state index in [0.29, 0.717) is 26.4 Å². The Hall–Kier alpha value is -2.05. The van der Waals surface area contributed by atoms with Crippen molar-refractivity contribution in [3.05, 3.63) is 63.1 Å². The molecule has 0 unspecified atom stereocenters. The van der Waals surface area contributed by atoms with Gasteiger partial charge in [-0.2, -0.15) is 0 Å². The van der Waals surface area contributed by atoms with Crippen LogP contribution in [0.25, 0.3) is 0 Å². The van der Waals surface area contributed by atoms with E-state index in [9.17, 15) is 9.59 Å². The molecule has 0 bridgehead atoms. The minimum Gasteiger partial charge on any atom is -0.496 e. The molecule has 0 fully saturated rings. The van der Waals surface area contributed by atoms with Gasteiger partial charge in [0.05, 0.1) is 11.6 Å². The van der Waals surface area contributed by atoms with Crippen molar-refractivity contribution >= 4 is 39.3 Å². The van der Waals surface area contributed by atoms with Gasteiger partial charge in [-0.15, -0.1) is 0 Å². The minimum atomic E-state index is -0.439. The molecule has 2 amide bonds. The lowest BCUT2D eigenvalue weighted by atomic mass is 10.2. The molecule has 0 heterocycles. The van der Waals surface area contributed by atoms with Crippen molar-refractivity contribution in [3.8, 4) is 5.75 Å². The van der Waals surface area contributed by atoms with Crippen molar-refractivity contribution in [2.45, 2.75) is 0 Å². The van der Waals surface area contributed by atoms with Crippen molar-refractivity contribution in [1.29, 1.82) is 0 Å². The van der Waals surface area contributed by atoms with Crippen LogP contribution in [0.2, 0.25) is 5.02 Å². The third-order valence-electron chi connectivity index (χ3n) is 2.81. The number of methoxy groups -OCH3 is 1.